The lowest BCUT2D eigenvalue weighted by Gasteiger charge is -2.13. The molecular formula is C17H17Cl2FN2O. The molecule has 3 nitrogen and oxygen atoms in total. The third kappa shape index (κ3) is 5.50. The molecule has 0 saturated carbocycles. The van der Waals surface area contributed by atoms with Crippen molar-refractivity contribution in [2.75, 3.05) is 0 Å². The van der Waals surface area contributed by atoms with Crippen molar-refractivity contribution < 1.29 is 9.18 Å². The first-order valence-electron chi connectivity index (χ1n) is 7.15. The highest BCUT2D eigenvalue weighted by atomic mass is 35.5. The van der Waals surface area contributed by atoms with Gasteiger partial charge in [0.05, 0.1) is 0 Å². The molecule has 3 N–H and O–H groups in total. The predicted octanol–water partition coefficient (Wildman–Crippen LogP) is 3.71. The zero-order valence-corrected chi connectivity index (χ0v) is 13.9. The van der Waals surface area contributed by atoms with Crippen LogP contribution in [-0.2, 0) is 17.8 Å². The quantitative estimate of drug-likeness (QED) is 0.830. The summed E-state index contributed by atoms with van der Waals surface area (Å²) >= 11 is 11.9. The van der Waals surface area contributed by atoms with E-state index in [2.05, 4.69) is 5.32 Å². The predicted molar refractivity (Wildman–Crippen MR) is 91.0 cm³/mol. The number of nitrogens with one attached hydrogen (secondary N) is 1. The zero-order chi connectivity index (χ0) is 16.8. The molecule has 2 rings (SSSR count). The number of hydrogen-bond donors (Lipinski definition) is 2. The van der Waals surface area contributed by atoms with Crippen molar-refractivity contribution in [3.63, 3.8) is 0 Å². The summed E-state index contributed by atoms with van der Waals surface area (Å²) in [5, 5.41) is 3.83. The van der Waals surface area contributed by atoms with E-state index in [0.717, 1.165) is 5.56 Å². The fraction of sp³-hybridized carbons (Fsp3) is 0.235. The monoisotopic (exact) mass is 354 g/mol. The summed E-state index contributed by atoms with van der Waals surface area (Å²) in [6, 6.07) is 11.0. The van der Waals surface area contributed by atoms with Crippen LogP contribution < -0.4 is 11.1 Å². The Labute approximate surface area is 144 Å². The number of carbonyl (C=O) groups excluding carboxylic acids is 1. The molecule has 0 saturated heterocycles. The second kappa shape index (κ2) is 8.29. The Morgan fingerprint density at radius 2 is 1.91 bits per heavy atom. The van der Waals surface area contributed by atoms with Gasteiger partial charge in [-0.1, -0.05) is 41.4 Å². The maximum Gasteiger partial charge on any atom is 0.221 e. The minimum Gasteiger partial charge on any atom is -0.352 e. The van der Waals surface area contributed by atoms with E-state index in [-0.39, 0.29) is 24.7 Å². The Morgan fingerprint density at radius 1 is 1.17 bits per heavy atom. The summed E-state index contributed by atoms with van der Waals surface area (Å²) in [6.07, 6.45) is 0.407. The van der Waals surface area contributed by atoms with Gasteiger partial charge in [0.15, 0.2) is 0 Å². The molecule has 0 radical (unpaired) electrons. The van der Waals surface area contributed by atoms with Gasteiger partial charge in [-0.25, -0.2) is 4.39 Å². The molecule has 0 fully saturated rings. The second-order valence-corrected chi connectivity index (χ2v) is 6.12. The van der Waals surface area contributed by atoms with Crippen molar-refractivity contribution in [3.8, 4) is 0 Å². The number of benzene rings is 2. The molecule has 1 atom stereocenters. The molecule has 0 unspecified atom stereocenters. The summed E-state index contributed by atoms with van der Waals surface area (Å²) in [6.45, 7) is 0.268. The van der Waals surface area contributed by atoms with E-state index < -0.39 is 6.04 Å². The molecule has 0 spiro atoms. The molecule has 0 aliphatic heterocycles. The summed E-state index contributed by atoms with van der Waals surface area (Å²) in [5.74, 6) is -0.529. The molecule has 0 aromatic heterocycles. The lowest BCUT2D eigenvalue weighted by molar-refractivity contribution is -0.121. The van der Waals surface area contributed by atoms with Crippen molar-refractivity contribution in [2.45, 2.75) is 25.4 Å². The van der Waals surface area contributed by atoms with Gasteiger partial charge < -0.3 is 11.1 Å². The van der Waals surface area contributed by atoms with Gasteiger partial charge in [-0.05, 0) is 41.8 Å². The number of amides is 1. The Hall–Kier alpha value is -1.62. The number of nitrogens with two attached hydrogens (primary N) is 1. The highest BCUT2D eigenvalue weighted by Crippen LogP contribution is 2.20. The average molecular weight is 355 g/mol. The molecule has 6 heteroatoms. The van der Waals surface area contributed by atoms with E-state index in [1.54, 1.807) is 36.4 Å². The highest BCUT2D eigenvalue weighted by Gasteiger charge is 2.13. The van der Waals surface area contributed by atoms with Gasteiger partial charge in [-0.15, -0.1) is 0 Å². The van der Waals surface area contributed by atoms with Gasteiger partial charge >= 0.3 is 0 Å². The summed E-state index contributed by atoms with van der Waals surface area (Å²) in [5.41, 5.74) is 7.16. The maximum atomic E-state index is 13.6. The maximum absolute atomic E-state index is 13.6. The van der Waals surface area contributed by atoms with E-state index in [1.165, 1.54) is 6.07 Å². The van der Waals surface area contributed by atoms with Gasteiger partial charge in [-0.3, -0.25) is 4.79 Å². The van der Waals surface area contributed by atoms with Crippen LogP contribution in [-0.4, -0.2) is 11.9 Å². The van der Waals surface area contributed by atoms with Crippen molar-refractivity contribution in [3.05, 3.63) is 69.5 Å². The molecule has 1 amide bonds. The van der Waals surface area contributed by atoms with Crippen molar-refractivity contribution in [1.82, 2.24) is 5.32 Å². The van der Waals surface area contributed by atoms with Gasteiger partial charge in [-0.2, -0.15) is 0 Å². The van der Waals surface area contributed by atoms with Crippen LogP contribution in [0.3, 0.4) is 0 Å². The van der Waals surface area contributed by atoms with Crippen LogP contribution >= 0.6 is 23.2 Å². The molecular weight excluding hydrogens is 338 g/mol. The Morgan fingerprint density at radius 3 is 2.65 bits per heavy atom. The standard InChI is InChI=1S/C17H17Cl2FN2O/c18-13-5-6-15(19)12(7-13)10-22-17(23)9-14(21)8-11-3-1-2-4-16(11)20/h1-7,14H,8-10,21H2,(H,22,23)/t14-/m1/s1. The molecule has 0 heterocycles. The lowest BCUT2D eigenvalue weighted by atomic mass is 10.0. The third-order valence-corrected chi connectivity index (χ3v) is 3.98. The largest absolute Gasteiger partial charge is 0.352 e. The van der Waals surface area contributed by atoms with Crippen LogP contribution in [0.5, 0.6) is 0 Å². The molecule has 23 heavy (non-hydrogen) atoms. The SMILES string of the molecule is N[C@@H](CC(=O)NCc1cc(Cl)ccc1Cl)Cc1ccccc1F. The van der Waals surface area contributed by atoms with Crippen LogP contribution in [0.15, 0.2) is 42.5 Å². The summed E-state index contributed by atoms with van der Waals surface area (Å²) in [4.78, 5) is 11.9. The number of hydrogen-bond acceptors (Lipinski definition) is 2. The normalized spacial score (nSPS) is 12.0. The molecule has 122 valence electrons. The summed E-state index contributed by atoms with van der Waals surface area (Å²) in [7, 11) is 0. The highest BCUT2D eigenvalue weighted by molar-refractivity contribution is 6.33. The van der Waals surface area contributed by atoms with Gasteiger partial charge in [0.2, 0.25) is 5.91 Å². The Kier molecular flexibility index (Phi) is 6.39. The minimum atomic E-state index is -0.457. The van der Waals surface area contributed by atoms with Crippen molar-refractivity contribution in [1.29, 1.82) is 0 Å². The smallest absolute Gasteiger partial charge is 0.221 e. The number of carbonyl (C=O) groups is 1. The average Bonchev–Trinajstić information content (AvgIpc) is 2.50. The topological polar surface area (TPSA) is 55.1 Å². The van der Waals surface area contributed by atoms with E-state index in [4.69, 9.17) is 28.9 Å². The first-order chi connectivity index (χ1) is 11.0. The number of rotatable bonds is 6. The molecule has 0 aliphatic rings. The molecule has 0 aliphatic carbocycles. The Balaban J connectivity index is 1.85. The Bertz CT molecular complexity index is 694. The van der Waals surface area contributed by atoms with Crippen LogP contribution in [0.2, 0.25) is 10.0 Å². The zero-order valence-electron chi connectivity index (χ0n) is 12.4. The van der Waals surface area contributed by atoms with Crippen molar-refractivity contribution >= 4 is 29.1 Å². The van der Waals surface area contributed by atoms with Crippen LogP contribution in [0.25, 0.3) is 0 Å². The van der Waals surface area contributed by atoms with Gasteiger partial charge in [0.25, 0.3) is 0 Å². The van der Waals surface area contributed by atoms with E-state index in [1.807, 2.05) is 0 Å². The van der Waals surface area contributed by atoms with Crippen LogP contribution in [0.4, 0.5) is 4.39 Å². The molecule has 0 bridgehead atoms. The van der Waals surface area contributed by atoms with E-state index >= 15 is 0 Å². The van der Waals surface area contributed by atoms with Crippen LogP contribution in [0, 0.1) is 5.82 Å². The fourth-order valence-electron chi connectivity index (χ4n) is 2.20. The summed E-state index contributed by atoms with van der Waals surface area (Å²) < 4.78 is 13.6. The molecule has 2 aromatic rings. The van der Waals surface area contributed by atoms with Gasteiger partial charge in [0, 0.05) is 29.1 Å². The third-order valence-electron chi connectivity index (χ3n) is 3.37. The lowest BCUT2D eigenvalue weighted by Crippen LogP contribution is -2.33. The van der Waals surface area contributed by atoms with Gasteiger partial charge in [0.1, 0.15) is 5.82 Å². The first kappa shape index (κ1) is 17.7. The van der Waals surface area contributed by atoms with Crippen LogP contribution in [0.1, 0.15) is 17.5 Å². The number of halogens is 3. The van der Waals surface area contributed by atoms with E-state index in [9.17, 15) is 9.18 Å². The second-order valence-electron chi connectivity index (χ2n) is 5.27. The first-order valence-corrected chi connectivity index (χ1v) is 7.91. The fourth-order valence-corrected chi connectivity index (χ4v) is 2.58. The van der Waals surface area contributed by atoms with Crippen molar-refractivity contribution in [2.24, 2.45) is 5.73 Å². The molecule has 2 aromatic carbocycles. The minimum absolute atomic E-state index is 0.104. The van der Waals surface area contributed by atoms with E-state index in [0.29, 0.717) is 22.0 Å².